The number of allylic oxidation sites excluding steroid dienone is 3. The van der Waals surface area contributed by atoms with Gasteiger partial charge in [-0.2, -0.15) is 0 Å². The van der Waals surface area contributed by atoms with Crippen LogP contribution in [0.2, 0.25) is 0 Å². The van der Waals surface area contributed by atoms with Crippen molar-refractivity contribution in [2.75, 3.05) is 9.71 Å². The van der Waals surface area contributed by atoms with Gasteiger partial charge in [0.15, 0.2) is 0 Å². The summed E-state index contributed by atoms with van der Waals surface area (Å²) in [4.78, 5) is 7.39. The Morgan fingerprint density at radius 1 is 0.760 bits per heavy atom. The van der Waals surface area contributed by atoms with E-state index in [1.165, 1.54) is 66.7 Å². The summed E-state index contributed by atoms with van der Waals surface area (Å²) < 4.78 is 6.68. The number of aryl methyl sites for hydroxylation is 1. The van der Waals surface area contributed by atoms with Crippen LogP contribution in [-0.4, -0.2) is 6.85 Å². The van der Waals surface area contributed by atoms with E-state index in [9.17, 15) is 0 Å². The molecule has 5 heteroatoms. The molecule has 0 saturated heterocycles. The summed E-state index contributed by atoms with van der Waals surface area (Å²) in [6, 6.07) is 44.2. The average molecular weight is 663 g/mol. The highest BCUT2D eigenvalue weighted by atomic mass is 32.2. The zero-order valence-electron chi connectivity index (χ0n) is 28.6. The summed E-state index contributed by atoms with van der Waals surface area (Å²) in [6.07, 6.45) is 2.24. The fraction of sp³-hybridized carbons (Fsp3) is 0.111. The second kappa shape index (κ2) is 10.6. The van der Waals surface area contributed by atoms with Crippen LogP contribution in [0, 0.1) is 6.92 Å². The SMILES string of the molecule is C=C1/C(=C\C2=C(C)Sc3ccccc3O2)N(c2ccccc2C)B2c3cccc4c3N(c3ccccc3C4(C)C)c3c2c1cc1ccccc31. The zero-order valence-corrected chi connectivity index (χ0v) is 29.4. The first-order chi connectivity index (χ1) is 24.3. The Balaban J connectivity index is 1.33. The molecule has 6 aromatic carbocycles. The van der Waals surface area contributed by atoms with Gasteiger partial charge in [-0.05, 0) is 88.3 Å². The van der Waals surface area contributed by atoms with Crippen molar-refractivity contribution in [1.82, 2.24) is 0 Å². The molecule has 0 saturated carbocycles. The van der Waals surface area contributed by atoms with Gasteiger partial charge in [0.1, 0.15) is 11.5 Å². The van der Waals surface area contributed by atoms with Crippen LogP contribution in [0.5, 0.6) is 5.75 Å². The molecule has 10 rings (SSSR count). The first-order valence-electron chi connectivity index (χ1n) is 17.3. The predicted molar refractivity (Wildman–Crippen MR) is 212 cm³/mol. The largest absolute Gasteiger partial charge is 0.455 e. The molecule has 3 nitrogen and oxygen atoms in total. The van der Waals surface area contributed by atoms with Crippen molar-refractivity contribution in [3.63, 3.8) is 0 Å². The summed E-state index contributed by atoms with van der Waals surface area (Å²) in [5.74, 6) is 1.74. The van der Waals surface area contributed by atoms with Gasteiger partial charge in [-0.3, -0.25) is 0 Å². The Hall–Kier alpha value is -5.39. The third-order valence-electron chi connectivity index (χ3n) is 11.1. The first kappa shape index (κ1) is 29.5. The maximum Gasteiger partial charge on any atom is 0.333 e. The molecule has 0 aromatic heterocycles. The van der Waals surface area contributed by atoms with Crippen LogP contribution in [0.1, 0.15) is 43.0 Å². The van der Waals surface area contributed by atoms with Gasteiger partial charge in [0.05, 0.1) is 16.3 Å². The average Bonchev–Trinajstić information content (AvgIpc) is 3.13. The fourth-order valence-corrected chi connectivity index (χ4v) is 9.62. The molecule has 0 fully saturated rings. The highest BCUT2D eigenvalue weighted by Gasteiger charge is 2.50. The normalized spacial score (nSPS) is 17.3. The lowest BCUT2D eigenvalue weighted by Gasteiger charge is -2.51. The van der Waals surface area contributed by atoms with Gasteiger partial charge in [-0.15, -0.1) is 0 Å². The first-order valence-corrected chi connectivity index (χ1v) is 18.1. The number of hydrogen-bond acceptors (Lipinski definition) is 4. The van der Waals surface area contributed by atoms with Gasteiger partial charge < -0.3 is 14.4 Å². The molecule has 4 heterocycles. The van der Waals surface area contributed by atoms with Crippen molar-refractivity contribution < 1.29 is 4.74 Å². The van der Waals surface area contributed by atoms with Crippen molar-refractivity contribution in [2.45, 2.75) is 38.0 Å². The number of ether oxygens (including phenoxy) is 1. The van der Waals surface area contributed by atoms with Gasteiger partial charge in [-0.25, -0.2) is 0 Å². The summed E-state index contributed by atoms with van der Waals surface area (Å²) in [7, 11) is 0. The Bertz CT molecular complexity index is 2550. The summed E-state index contributed by atoms with van der Waals surface area (Å²) in [6.45, 7) is 13.9. The number of anilines is 4. The minimum Gasteiger partial charge on any atom is -0.455 e. The quantitative estimate of drug-likeness (QED) is 0.172. The van der Waals surface area contributed by atoms with Crippen molar-refractivity contribution in [2.24, 2.45) is 0 Å². The lowest BCUT2D eigenvalue weighted by atomic mass is 9.42. The third-order valence-corrected chi connectivity index (χ3v) is 12.2. The van der Waals surface area contributed by atoms with Gasteiger partial charge in [0.2, 0.25) is 0 Å². The van der Waals surface area contributed by atoms with Crippen LogP contribution in [0.4, 0.5) is 22.7 Å². The number of benzene rings is 6. The predicted octanol–water partition coefficient (Wildman–Crippen LogP) is 10.5. The molecule has 0 N–H and O–H groups in total. The Labute approximate surface area is 298 Å². The van der Waals surface area contributed by atoms with Crippen LogP contribution >= 0.6 is 11.8 Å². The Morgan fingerprint density at radius 3 is 2.34 bits per heavy atom. The zero-order chi connectivity index (χ0) is 33.9. The molecule has 0 atom stereocenters. The molecule has 0 aliphatic carbocycles. The molecule has 0 radical (unpaired) electrons. The van der Waals surface area contributed by atoms with Gasteiger partial charge >= 0.3 is 6.85 Å². The van der Waals surface area contributed by atoms with E-state index >= 15 is 0 Å². The molecule has 240 valence electrons. The molecular formula is C45H35BN2OS. The van der Waals surface area contributed by atoms with Gasteiger partial charge in [0.25, 0.3) is 0 Å². The molecular weight excluding hydrogens is 627 g/mol. The maximum absolute atomic E-state index is 6.68. The molecule has 6 aromatic rings. The van der Waals surface area contributed by atoms with E-state index in [2.05, 4.69) is 159 Å². The fourth-order valence-electron chi connectivity index (χ4n) is 8.73. The second-order valence-corrected chi connectivity index (χ2v) is 15.5. The van der Waals surface area contributed by atoms with E-state index in [-0.39, 0.29) is 12.3 Å². The van der Waals surface area contributed by atoms with E-state index < -0.39 is 0 Å². The van der Waals surface area contributed by atoms with Crippen LogP contribution in [0.3, 0.4) is 0 Å². The van der Waals surface area contributed by atoms with Crippen molar-refractivity contribution in [3.05, 3.63) is 173 Å². The Morgan fingerprint density at radius 2 is 1.48 bits per heavy atom. The molecule has 0 spiro atoms. The van der Waals surface area contributed by atoms with E-state index in [1.807, 2.05) is 6.07 Å². The molecule has 0 unspecified atom stereocenters. The van der Waals surface area contributed by atoms with Crippen LogP contribution in [0.15, 0.2) is 155 Å². The third kappa shape index (κ3) is 3.95. The Kier molecular flexibility index (Phi) is 6.23. The van der Waals surface area contributed by atoms with E-state index in [0.29, 0.717) is 0 Å². The van der Waals surface area contributed by atoms with Gasteiger partial charge in [-0.1, -0.05) is 123 Å². The molecule has 0 amide bonds. The van der Waals surface area contributed by atoms with Crippen molar-refractivity contribution >= 4 is 68.6 Å². The number of hydrogen-bond donors (Lipinski definition) is 0. The standard InChI is InChI=1S/C45H35BN2OS/c1-27-15-6-10-21-36(27)48-38(26-40-29(3)50-41-24-13-12-23-39(41)49-40)28(2)32-25-30-16-7-8-17-31(30)43-42(32)46(48)35-20-14-19-34-44(35)47(43)37-22-11-9-18-33(37)45(34,4)5/h6-26H,2H2,1,3-5H3/b38-26+. The van der Waals surface area contributed by atoms with Crippen LogP contribution in [0.25, 0.3) is 16.3 Å². The summed E-state index contributed by atoms with van der Waals surface area (Å²) >= 11 is 1.77. The topological polar surface area (TPSA) is 15.7 Å². The smallest absolute Gasteiger partial charge is 0.333 e. The van der Waals surface area contributed by atoms with Crippen LogP contribution in [-0.2, 0) is 5.41 Å². The minimum atomic E-state index is -0.184. The van der Waals surface area contributed by atoms with Crippen LogP contribution < -0.4 is 25.4 Å². The molecule has 4 aliphatic rings. The lowest BCUT2D eigenvalue weighted by molar-refractivity contribution is 0.427. The molecule has 50 heavy (non-hydrogen) atoms. The number of rotatable bonds is 2. The number of thioether (sulfide) groups is 1. The number of nitrogens with zero attached hydrogens (tertiary/aromatic N) is 2. The van der Waals surface area contributed by atoms with Gasteiger partial charge in [0, 0.05) is 38.9 Å². The molecule has 4 aliphatic heterocycles. The van der Waals surface area contributed by atoms with E-state index in [4.69, 9.17) is 11.3 Å². The number of para-hydroxylation sites is 4. The lowest BCUT2D eigenvalue weighted by Crippen LogP contribution is -2.64. The minimum absolute atomic E-state index is 0.0980. The highest BCUT2D eigenvalue weighted by Crippen LogP contribution is 2.55. The number of fused-ring (bicyclic) bond motifs is 7. The summed E-state index contributed by atoms with van der Waals surface area (Å²) in [5.41, 5.74) is 14.5. The highest BCUT2D eigenvalue weighted by molar-refractivity contribution is 8.03. The monoisotopic (exact) mass is 662 g/mol. The second-order valence-electron chi connectivity index (χ2n) is 14.3. The maximum atomic E-state index is 6.68. The van der Waals surface area contributed by atoms with E-state index in [1.54, 1.807) is 11.8 Å². The van der Waals surface area contributed by atoms with Crippen molar-refractivity contribution in [3.8, 4) is 5.75 Å². The summed E-state index contributed by atoms with van der Waals surface area (Å²) in [5, 5.41) is 2.46. The van der Waals surface area contributed by atoms with E-state index in [0.717, 1.165) is 32.6 Å². The van der Waals surface area contributed by atoms with Crippen molar-refractivity contribution in [1.29, 1.82) is 0 Å². The molecule has 0 bridgehead atoms.